The lowest BCUT2D eigenvalue weighted by molar-refractivity contribution is 0.0946. The molecule has 0 spiro atoms. The average molecular weight is 310 g/mol. The van der Waals surface area contributed by atoms with Crippen molar-refractivity contribution in [2.45, 2.75) is 13.5 Å². The molecule has 2 aromatic rings. The first-order valence-electron chi connectivity index (χ1n) is 5.31. The number of carbonyl (C=O) groups excluding carboxylic acids is 1. The molecule has 0 fully saturated rings. The van der Waals surface area contributed by atoms with E-state index < -0.39 is 0 Å². The Hall–Kier alpha value is -1.82. The number of nitrogens with two attached hydrogens (primary N) is 1. The van der Waals surface area contributed by atoms with Crippen LogP contribution in [0.5, 0.6) is 0 Å². The molecule has 1 aromatic carbocycles. The van der Waals surface area contributed by atoms with E-state index in [0.717, 1.165) is 5.69 Å². The molecule has 3 N–H and O–H groups in total. The van der Waals surface area contributed by atoms with Crippen LogP contribution in [-0.4, -0.2) is 11.1 Å². The van der Waals surface area contributed by atoms with Crippen LogP contribution in [0.2, 0.25) is 0 Å². The molecule has 0 aliphatic rings. The number of amides is 1. The van der Waals surface area contributed by atoms with E-state index in [9.17, 15) is 4.79 Å². The van der Waals surface area contributed by atoms with Crippen molar-refractivity contribution in [3.05, 3.63) is 45.8 Å². The molecule has 2 rings (SSSR count). The summed E-state index contributed by atoms with van der Waals surface area (Å²) in [5.41, 5.74) is 7.46. The van der Waals surface area contributed by atoms with Gasteiger partial charge < -0.3 is 15.6 Å². The van der Waals surface area contributed by atoms with Gasteiger partial charge in [0, 0.05) is 16.2 Å². The Kier molecular flexibility index (Phi) is 3.66. The van der Waals surface area contributed by atoms with Crippen LogP contribution >= 0.6 is 15.9 Å². The first kappa shape index (κ1) is 12.6. The summed E-state index contributed by atoms with van der Waals surface area (Å²) in [6.07, 6.45) is 0. The summed E-state index contributed by atoms with van der Waals surface area (Å²) < 4.78 is 5.70. The van der Waals surface area contributed by atoms with Gasteiger partial charge in [-0.05, 0) is 41.1 Å². The van der Waals surface area contributed by atoms with Crippen LogP contribution in [0.1, 0.15) is 21.8 Å². The summed E-state index contributed by atoms with van der Waals surface area (Å²) in [6.45, 7) is 2.12. The van der Waals surface area contributed by atoms with Crippen molar-refractivity contribution >= 4 is 27.5 Å². The van der Waals surface area contributed by atoms with Crippen LogP contribution in [0.4, 0.5) is 5.69 Å². The molecule has 6 heteroatoms. The summed E-state index contributed by atoms with van der Waals surface area (Å²) in [6, 6.07) is 6.85. The first-order chi connectivity index (χ1) is 8.56. The van der Waals surface area contributed by atoms with Gasteiger partial charge in [-0.15, -0.1) is 0 Å². The first-order valence-corrected chi connectivity index (χ1v) is 6.11. The van der Waals surface area contributed by atoms with E-state index >= 15 is 0 Å². The normalized spacial score (nSPS) is 10.3. The van der Waals surface area contributed by atoms with Crippen LogP contribution in [0, 0.1) is 6.92 Å². The zero-order valence-corrected chi connectivity index (χ0v) is 11.3. The Bertz CT molecular complexity index is 580. The fourth-order valence-corrected chi connectivity index (χ4v) is 1.91. The van der Waals surface area contributed by atoms with Crippen LogP contribution in [0.3, 0.4) is 0 Å². The Morgan fingerprint density at radius 2 is 2.28 bits per heavy atom. The van der Waals surface area contributed by atoms with Crippen molar-refractivity contribution < 1.29 is 9.32 Å². The number of aryl methyl sites for hydroxylation is 1. The highest BCUT2D eigenvalue weighted by molar-refractivity contribution is 9.10. The van der Waals surface area contributed by atoms with Crippen molar-refractivity contribution in [3.63, 3.8) is 0 Å². The van der Waals surface area contributed by atoms with E-state index in [-0.39, 0.29) is 5.91 Å². The summed E-state index contributed by atoms with van der Waals surface area (Å²) in [4.78, 5) is 11.9. The van der Waals surface area contributed by atoms with E-state index in [1.807, 2.05) is 6.92 Å². The maximum absolute atomic E-state index is 11.9. The number of carbonyl (C=O) groups is 1. The van der Waals surface area contributed by atoms with Crippen molar-refractivity contribution in [1.29, 1.82) is 0 Å². The molecule has 0 aliphatic heterocycles. The lowest BCUT2D eigenvalue weighted by atomic mass is 10.2. The number of nitrogen functional groups attached to an aromatic ring is 1. The minimum absolute atomic E-state index is 0.219. The Morgan fingerprint density at radius 3 is 2.94 bits per heavy atom. The summed E-state index contributed by atoms with van der Waals surface area (Å²) >= 11 is 3.31. The topological polar surface area (TPSA) is 81.2 Å². The largest absolute Gasteiger partial charge is 0.399 e. The van der Waals surface area contributed by atoms with Gasteiger partial charge in [-0.1, -0.05) is 5.16 Å². The van der Waals surface area contributed by atoms with E-state index in [2.05, 4.69) is 26.4 Å². The highest BCUT2D eigenvalue weighted by Crippen LogP contribution is 2.19. The number of aromatic nitrogens is 1. The zero-order chi connectivity index (χ0) is 13.1. The Labute approximate surface area is 112 Å². The molecule has 0 aliphatic carbocycles. The SMILES string of the molecule is Cc1cc(CNC(=O)c2cc(N)ccc2Br)on1. The van der Waals surface area contributed by atoms with Crippen LogP contribution in [0.25, 0.3) is 0 Å². The number of halogens is 1. The minimum atomic E-state index is -0.219. The Morgan fingerprint density at radius 1 is 1.50 bits per heavy atom. The van der Waals surface area contributed by atoms with E-state index in [1.54, 1.807) is 24.3 Å². The molecule has 94 valence electrons. The smallest absolute Gasteiger partial charge is 0.252 e. The highest BCUT2D eigenvalue weighted by atomic mass is 79.9. The fourth-order valence-electron chi connectivity index (χ4n) is 1.48. The number of nitrogens with one attached hydrogen (secondary N) is 1. The quantitative estimate of drug-likeness (QED) is 0.852. The minimum Gasteiger partial charge on any atom is -0.399 e. The van der Waals surface area contributed by atoms with Gasteiger partial charge in [0.1, 0.15) is 0 Å². The van der Waals surface area contributed by atoms with Crippen molar-refractivity contribution in [2.75, 3.05) is 5.73 Å². The van der Waals surface area contributed by atoms with Crippen molar-refractivity contribution in [1.82, 2.24) is 10.5 Å². The van der Waals surface area contributed by atoms with Crippen LogP contribution in [0.15, 0.2) is 33.3 Å². The third kappa shape index (κ3) is 2.89. The molecule has 0 unspecified atom stereocenters. The second-order valence-electron chi connectivity index (χ2n) is 3.86. The maximum Gasteiger partial charge on any atom is 0.252 e. The van der Waals surface area contributed by atoms with Crippen LogP contribution < -0.4 is 11.1 Å². The second kappa shape index (κ2) is 5.22. The molecule has 1 aromatic heterocycles. The molecule has 1 amide bonds. The van der Waals surface area contributed by atoms with Gasteiger partial charge in [-0.3, -0.25) is 4.79 Å². The molecular formula is C12H12BrN3O2. The molecular weight excluding hydrogens is 298 g/mol. The molecule has 1 heterocycles. The molecule has 0 bridgehead atoms. The monoisotopic (exact) mass is 309 g/mol. The van der Waals surface area contributed by atoms with E-state index in [1.165, 1.54) is 0 Å². The van der Waals surface area contributed by atoms with Gasteiger partial charge in [-0.2, -0.15) is 0 Å². The van der Waals surface area contributed by atoms with E-state index in [0.29, 0.717) is 28.0 Å². The summed E-state index contributed by atoms with van der Waals surface area (Å²) in [5, 5.41) is 6.48. The summed E-state index contributed by atoms with van der Waals surface area (Å²) in [7, 11) is 0. The van der Waals surface area contributed by atoms with Gasteiger partial charge in [0.05, 0.1) is 17.8 Å². The molecule has 0 atom stereocenters. The van der Waals surface area contributed by atoms with Crippen LogP contribution in [-0.2, 0) is 6.54 Å². The summed E-state index contributed by atoms with van der Waals surface area (Å²) in [5.74, 6) is 0.393. The number of anilines is 1. The predicted molar refractivity (Wildman–Crippen MR) is 71.0 cm³/mol. The third-order valence-corrected chi connectivity index (χ3v) is 3.03. The average Bonchev–Trinajstić information content (AvgIpc) is 2.75. The predicted octanol–water partition coefficient (Wildman–Crippen LogP) is 2.26. The number of hydrogen-bond acceptors (Lipinski definition) is 4. The lowest BCUT2D eigenvalue weighted by Crippen LogP contribution is -2.23. The van der Waals surface area contributed by atoms with Crippen molar-refractivity contribution in [2.24, 2.45) is 0 Å². The van der Waals surface area contributed by atoms with E-state index in [4.69, 9.17) is 10.3 Å². The van der Waals surface area contributed by atoms with Gasteiger partial charge in [0.2, 0.25) is 0 Å². The van der Waals surface area contributed by atoms with Crippen molar-refractivity contribution in [3.8, 4) is 0 Å². The zero-order valence-electron chi connectivity index (χ0n) is 9.74. The Balaban J connectivity index is 2.05. The molecule has 0 saturated heterocycles. The number of rotatable bonds is 3. The number of benzene rings is 1. The molecule has 0 saturated carbocycles. The van der Waals surface area contributed by atoms with Gasteiger partial charge in [0.15, 0.2) is 5.76 Å². The highest BCUT2D eigenvalue weighted by Gasteiger charge is 2.11. The second-order valence-corrected chi connectivity index (χ2v) is 4.71. The molecule has 5 nitrogen and oxygen atoms in total. The molecule has 18 heavy (non-hydrogen) atoms. The standard InChI is InChI=1S/C12H12BrN3O2/c1-7-4-9(18-16-7)6-15-12(17)10-5-8(14)2-3-11(10)13/h2-5H,6,14H2,1H3,(H,15,17). The fraction of sp³-hybridized carbons (Fsp3) is 0.167. The number of nitrogens with zero attached hydrogens (tertiary/aromatic N) is 1. The van der Waals surface area contributed by atoms with Gasteiger partial charge >= 0.3 is 0 Å². The molecule has 0 radical (unpaired) electrons. The third-order valence-electron chi connectivity index (χ3n) is 2.33. The lowest BCUT2D eigenvalue weighted by Gasteiger charge is -2.06. The van der Waals surface area contributed by atoms with Gasteiger partial charge in [-0.25, -0.2) is 0 Å². The maximum atomic E-state index is 11.9. The number of hydrogen-bond donors (Lipinski definition) is 2. The van der Waals surface area contributed by atoms with Gasteiger partial charge in [0.25, 0.3) is 5.91 Å².